The molecular formula is C31H42BrCl2N3O2. The molecule has 6 rings (SSSR count). The molecule has 0 bridgehead atoms. The van der Waals surface area contributed by atoms with Crippen molar-refractivity contribution in [3.63, 3.8) is 0 Å². The van der Waals surface area contributed by atoms with Crippen LogP contribution in [-0.4, -0.2) is 50.1 Å². The van der Waals surface area contributed by atoms with E-state index in [2.05, 4.69) is 73.9 Å². The average molecular weight is 640 g/mol. The highest BCUT2D eigenvalue weighted by Crippen LogP contribution is 2.46. The van der Waals surface area contributed by atoms with Crippen molar-refractivity contribution in [1.82, 2.24) is 4.90 Å². The number of hydrogen-bond acceptors (Lipinski definition) is 2. The first kappa shape index (κ1) is 30.6. The number of piperidine rings is 1. The Morgan fingerprint density at radius 1 is 1.00 bits per heavy atom. The maximum Gasteiger partial charge on any atom is 0.233 e. The third-order valence-corrected chi connectivity index (χ3v) is 10.7. The van der Waals surface area contributed by atoms with Gasteiger partial charge in [-0.25, -0.2) is 0 Å². The van der Waals surface area contributed by atoms with Crippen LogP contribution in [0.2, 0.25) is 0 Å². The van der Waals surface area contributed by atoms with Crippen LogP contribution in [0.5, 0.6) is 5.75 Å². The number of nitrogens with zero attached hydrogens (tertiary/aromatic N) is 1. The van der Waals surface area contributed by atoms with E-state index in [1.807, 2.05) is 0 Å². The van der Waals surface area contributed by atoms with Crippen LogP contribution in [0, 0.1) is 11.8 Å². The molecule has 0 unspecified atom stereocenters. The van der Waals surface area contributed by atoms with Gasteiger partial charge in [0.15, 0.2) is 0 Å². The van der Waals surface area contributed by atoms with E-state index in [9.17, 15) is 4.79 Å². The minimum Gasteiger partial charge on any atom is -1.00 e. The van der Waals surface area contributed by atoms with Gasteiger partial charge in [-0.3, -0.25) is 4.79 Å². The minimum absolute atomic E-state index is 0. The van der Waals surface area contributed by atoms with Gasteiger partial charge in [-0.15, -0.1) is 0 Å². The van der Waals surface area contributed by atoms with Gasteiger partial charge in [-0.1, -0.05) is 65.5 Å². The highest BCUT2D eigenvalue weighted by atomic mass is 79.9. The lowest BCUT2D eigenvalue weighted by Gasteiger charge is -2.47. The van der Waals surface area contributed by atoms with Crippen LogP contribution in [0.25, 0.3) is 0 Å². The predicted octanol–water partition coefficient (Wildman–Crippen LogP) is -2.67. The summed E-state index contributed by atoms with van der Waals surface area (Å²) in [5.74, 6) is 2.57. The molecular weight excluding hydrogens is 597 g/mol. The summed E-state index contributed by atoms with van der Waals surface area (Å²) < 4.78 is 6.92. The van der Waals surface area contributed by atoms with E-state index in [1.165, 1.54) is 48.8 Å². The number of benzene rings is 2. The maximum atomic E-state index is 14.7. The van der Waals surface area contributed by atoms with Crippen molar-refractivity contribution in [2.45, 2.75) is 68.9 Å². The topological polar surface area (TPSA) is 62.8 Å². The van der Waals surface area contributed by atoms with Crippen molar-refractivity contribution in [3.05, 3.63) is 63.6 Å². The Balaban J connectivity index is 0.00000176. The van der Waals surface area contributed by atoms with Crippen molar-refractivity contribution >= 4 is 21.8 Å². The van der Waals surface area contributed by atoms with Crippen LogP contribution >= 0.6 is 15.9 Å². The molecule has 2 saturated heterocycles. The Morgan fingerprint density at radius 2 is 1.74 bits per heavy atom. The molecule has 1 amide bonds. The first-order valence-corrected chi connectivity index (χ1v) is 15.3. The summed E-state index contributed by atoms with van der Waals surface area (Å²) in [6.07, 6.45) is 8.72. The number of nitrogens with two attached hydrogens (primary N) is 2. The number of carbonyl (C=O) groups is 1. The lowest BCUT2D eigenvalue weighted by molar-refractivity contribution is -0.691. The minimum atomic E-state index is -0.161. The maximum absolute atomic E-state index is 14.7. The Hall–Kier alpha value is -1.31. The molecule has 8 heteroatoms. The zero-order chi connectivity index (χ0) is 25.4. The van der Waals surface area contributed by atoms with Crippen molar-refractivity contribution in [2.24, 2.45) is 11.8 Å². The molecule has 0 aromatic heterocycles. The third kappa shape index (κ3) is 5.61. The second-order valence-electron chi connectivity index (χ2n) is 11.9. The van der Waals surface area contributed by atoms with Crippen molar-refractivity contribution in [1.29, 1.82) is 0 Å². The number of carbonyl (C=O) groups excluding carboxylic acids is 1. The van der Waals surface area contributed by atoms with Crippen molar-refractivity contribution in [2.75, 3.05) is 33.3 Å². The first-order chi connectivity index (χ1) is 18.1. The summed E-state index contributed by atoms with van der Waals surface area (Å²) >= 11 is 3.90. The van der Waals surface area contributed by atoms with E-state index in [4.69, 9.17) is 4.74 Å². The van der Waals surface area contributed by atoms with Gasteiger partial charge in [0, 0.05) is 17.1 Å². The van der Waals surface area contributed by atoms with Gasteiger partial charge in [-0.2, -0.15) is 0 Å². The van der Waals surface area contributed by atoms with Gasteiger partial charge >= 0.3 is 0 Å². The van der Waals surface area contributed by atoms with Gasteiger partial charge in [0.05, 0.1) is 32.3 Å². The molecule has 4 aliphatic rings. The van der Waals surface area contributed by atoms with E-state index in [1.54, 1.807) is 7.11 Å². The molecule has 1 aliphatic carbocycles. The average Bonchev–Trinajstić information content (AvgIpc) is 3.37. The first-order valence-electron chi connectivity index (χ1n) is 14.5. The lowest BCUT2D eigenvalue weighted by Crippen LogP contribution is -3.00. The largest absolute Gasteiger partial charge is 1.00 e. The highest BCUT2D eigenvalue weighted by molar-refractivity contribution is 9.10. The second kappa shape index (κ2) is 13.1. The van der Waals surface area contributed by atoms with Gasteiger partial charge in [0.2, 0.25) is 5.91 Å². The number of halogens is 3. The molecule has 3 fully saturated rings. The molecule has 214 valence electrons. The summed E-state index contributed by atoms with van der Waals surface area (Å²) in [6, 6.07) is 15.6. The molecule has 3 heterocycles. The molecule has 4 atom stereocenters. The molecule has 39 heavy (non-hydrogen) atoms. The van der Waals surface area contributed by atoms with Crippen LogP contribution in [-0.2, 0) is 16.8 Å². The van der Waals surface area contributed by atoms with Gasteiger partial charge in [-0.05, 0) is 60.8 Å². The van der Waals surface area contributed by atoms with E-state index < -0.39 is 0 Å². The number of methoxy groups -OCH3 is 1. The summed E-state index contributed by atoms with van der Waals surface area (Å²) in [5, 5.41) is 4.79. The Bertz CT molecular complexity index is 1130. The molecule has 5 nitrogen and oxygen atoms in total. The van der Waals surface area contributed by atoms with E-state index >= 15 is 0 Å². The summed E-state index contributed by atoms with van der Waals surface area (Å²) in [6.45, 7) is 4.61. The molecule has 1 spiro atoms. The number of likely N-dealkylation sites (tertiary alicyclic amines) is 1. The van der Waals surface area contributed by atoms with Crippen molar-refractivity contribution in [3.8, 4) is 5.75 Å². The highest BCUT2D eigenvalue weighted by Gasteiger charge is 2.58. The smallest absolute Gasteiger partial charge is 0.233 e. The van der Waals surface area contributed by atoms with E-state index in [-0.39, 0.29) is 36.1 Å². The van der Waals surface area contributed by atoms with E-state index in [0.717, 1.165) is 55.8 Å². The third-order valence-electron chi connectivity index (χ3n) is 10.1. The molecule has 2 aromatic rings. The number of ether oxygens (including phenoxy) is 1. The van der Waals surface area contributed by atoms with Crippen LogP contribution in [0.4, 0.5) is 0 Å². The standard InChI is InChI=1S/C31H40BrN3O2.2ClH/c1-37-28-13-12-26(32)29-24(28)17-33-19-31(29)20-34-18-25(31)30(36)35-15-14-23(21-8-4-2-5-9-21)16-27(35)22-10-6-3-7-11-22;;/h2,4-5,8-9,12-13,22-23,25,27,33-34H,3,6-7,10-11,14-20H2,1H3;2*1H/t23-,25+,27+,31-;;/m1../s1. The van der Waals surface area contributed by atoms with E-state index in [0.29, 0.717) is 23.8 Å². The SMILES string of the molecule is COc1ccc(Br)c2c1C[NH2+]C[C@]21C[NH2+]C[C@H]1C(=O)N1CC[C@@H](c2ccccc2)C[C@H]1C1CCCCC1.[Cl-].[Cl-]. The van der Waals surface area contributed by atoms with Gasteiger partial charge in [0.1, 0.15) is 23.6 Å². The summed E-state index contributed by atoms with van der Waals surface area (Å²) in [5.41, 5.74) is 3.89. The fourth-order valence-corrected chi connectivity index (χ4v) is 9.05. The molecule has 1 saturated carbocycles. The zero-order valence-corrected chi connectivity index (χ0v) is 26.0. The number of quaternary nitrogens is 2. The van der Waals surface area contributed by atoms with Gasteiger partial charge in [0.25, 0.3) is 0 Å². The van der Waals surface area contributed by atoms with Crippen LogP contribution in [0.3, 0.4) is 0 Å². The summed E-state index contributed by atoms with van der Waals surface area (Å²) in [7, 11) is 1.76. The van der Waals surface area contributed by atoms with Crippen LogP contribution < -0.4 is 40.2 Å². The number of amides is 1. The molecule has 3 aliphatic heterocycles. The lowest BCUT2D eigenvalue weighted by atomic mass is 9.67. The normalized spacial score (nSPS) is 28.8. The Kier molecular flexibility index (Phi) is 10.3. The molecule has 4 N–H and O–H groups in total. The molecule has 2 aromatic carbocycles. The molecule has 0 radical (unpaired) electrons. The second-order valence-corrected chi connectivity index (χ2v) is 12.7. The fourth-order valence-electron chi connectivity index (χ4n) is 8.29. The summed E-state index contributed by atoms with van der Waals surface area (Å²) in [4.78, 5) is 17.1. The Labute approximate surface area is 254 Å². The Morgan fingerprint density at radius 3 is 2.49 bits per heavy atom. The number of fused-ring (bicyclic) bond motifs is 2. The van der Waals surface area contributed by atoms with Crippen LogP contribution in [0.1, 0.15) is 67.6 Å². The van der Waals surface area contributed by atoms with Crippen LogP contribution in [0.15, 0.2) is 46.9 Å². The van der Waals surface area contributed by atoms with Gasteiger partial charge < -0.3 is 45.1 Å². The predicted molar refractivity (Wildman–Crippen MR) is 149 cm³/mol. The monoisotopic (exact) mass is 637 g/mol. The quantitative estimate of drug-likeness (QED) is 0.384. The number of rotatable bonds is 4. The number of hydrogen-bond donors (Lipinski definition) is 2. The van der Waals surface area contributed by atoms with Crippen molar-refractivity contribution < 1.29 is 45.0 Å². The zero-order valence-electron chi connectivity index (χ0n) is 22.9. The fraction of sp³-hybridized carbons (Fsp3) is 0.581.